The number of rotatable bonds is 6. The lowest BCUT2D eigenvalue weighted by Gasteiger charge is -2.31. The summed E-state index contributed by atoms with van der Waals surface area (Å²) >= 11 is 4.79. The second-order valence-corrected chi connectivity index (χ2v) is 9.81. The second kappa shape index (κ2) is 9.03. The molecule has 7 nitrogen and oxygen atoms in total. The van der Waals surface area contributed by atoms with E-state index in [1.807, 2.05) is 32.6 Å². The number of halogens is 3. The molecule has 0 bridgehead atoms. The Bertz CT molecular complexity index is 1210. The average molecular weight is 503 g/mol. The number of fused-ring (bicyclic) bond motifs is 1. The molecule has 0 saturated carbocycles. The predicted octanol–water partition coefficient (Wildman–Crippen LogP) is 5.22. The summed E-state index contributed by atoms with van der Waals surface area (Å²) in [5, 5.41) is 2.79. The van der Waals surface area contributed by atoms with Gasteiger partial charge in [-0.3, -0.25) is 9.59 Å². The van der Waals surface area contributed by atoms with Gasteiger partial charge in [-0.15, -0.1) is 8.78 Å². The van der Waals surface area contributed by atoms with E-state index in [0.717, 1.165) is 11.3 Å². The highest BCUT2D eigenvalue weighted by Crippen LogP contribution is 2.52. The highest BCUT2D eigenvalue weighted by atomic mass is 35.5. The lowest BCUT2D eigenvalue weighted by Crippen LogP contribution is -2.35. The lowest BCUT2D eigenvalue weighted by atomic mass is 9.72. The summed E-state index contributed by atoms with van der Waals surface area (Å²) in [4.78, 5) is 36.7. The molecule has 2 heterocycles. The van der Waals surface area contributed by atoms with Gasteiger partial charge in [0.25, 0.3) is 5.91 Å². The zero-order valence-corrected chi connectivity index (χ0v) is 20.4. The number of anilines is 1. The Hall–Kier alpha value is -3.33. The Balaban J connectivity index is 1.69. The normalized spacial score (nSPS) is 19.5. The van der Waals surface area contributed by atoms with Crippen LogP contribution in [0.1, 0.15) is 39.7 Å². The predicted molar refractivity (Wildman–Crippen MR) is 127 cm³/mol. The molecule has 1 saturated heterocycles. The number of allylic oxidation sites excluding steroid dienone is 3. The molecule has 0 radical (unpaired) electrons. The maximum Gasteiger partial charge on any atom is 0.487 e. The van der Waals surface area contributed by atoms with Gasteiger partial charge in [0, 0.05) is 64.0 Å². The summed E-state index contributed by atoms with van der Waals surface area (Å²) in [7, 11) is 0. The fourth-order valence-corrected chi connectivity index (χ4v) is 4.66. The Morgan fingerprint density at radius 3 is 2.43 bits per heavy atom. The van der Waals surface area contributed by atoms with Crippen molar-refractivity contribution >= 4 is 34.7 Å². The molecule has 35 heavy (non-hydrogen) atoms. The quantitative estimate of drug-likeness (QED) is 0.548. The summed E-state index contributed by atoms with van der Waals surface area (Å²) in [6, 6.07) is 5.38. The van der Waals surface area contributed by atoms with E-state index in [2.05, 4.69) is 20.0 Å². The van der Waals surface area contributed by atoms with Crippen LogP contribution in [0.15, 0.2) is 60.3 Å². The van der Waals surface area contributed by atoms with Crippen LogP contribution in [-0.2, 0) is 9.59 Å². The number of benzene rings is 1. The van der Waals surface area contributed by atoms with Crippen molar-refractivity contribution in [1.29, 1.82) is 0 Å². The fraction of sp³-hybridized carbons (Fsp3) is 0.360. The molecule has 10 heteroatoms. The van der Waals surface area contributed by atoms with Gasteiger partial charge in [-0.2, -0.15) is 0 Å². The number of nitrogens with one attached hydrogen (secondary N) is 1. The SMILES string of the molecule is CC(C)N1C(=O)C(C)(C)C2CC(C(=O)Nc3ccc(OC(F)(F)Cl)cc3)=CC(c3cncnc3)=C21. The van der Waals surface area contributed by atoms with Crippen LogP contribution in [0.5, 0.6) is 5.75 Å². The van der Waals surface area contributed by atoms with Crippen molar-refractivity contribution in [3.8, 4) is 5.75 Å². The summed E-state index contributed by atoms with van der Waals surface area (Å²) in [6.45, 7) is 7.71. The van der Waals surface area contributed by atoms with Gasteiger partial charge in [0.15, 0.2) is 0 Å². The van der Waals surface area contributed by atoms with Crippen LogP contribution < -0.4 is 10.1 Å². The van der Waals surface area contributed by atoms with Gasteiger partial charge in [-0.1, -0.05) is 13.8 Å². The van der Waals surface area contributed by atoms with E-state index >= 15 is 0 Å². The molecule has 1 unspecified atom stereocenters. The minimum atomic E-state index is -3.82. The van der Waals surface area contributed by atoms with Crippen LogP contribution in [0, 0.1) is 11.3 Å². The number of hydrogen-bond donors (Lipinski definition) is 1. The van der Waals surface area contributed by atoms with Crippen LogP contribution in [0.25, 0.3) is 5.57 Å². The molecule has 2 aromatic rings. The highest BCUT2D eigenvalue weighted by molar-refractivity contribution is 6.20. The zero-order chi connectivity index (χ0) is 25.5. The van der Waals surface area contributed by atoms with Gasteiger partial charge in [-0.05, 0) is 50.6 Å². The highest BCUT2D eigenvalue weighted by Gasteiger charge is 2.53. The Morgan fingerprint density at radius 1 is 1.23 bits per heavy atom. The van der Waals surface area contributed by atoms with Crippen molar-refractivity contribution < 1.29 is 23.1 Å². The number of amides is 2. The molecule has 1 atom stereocenters. The Labute approximate surface area is 206 Å². The van der Waals surface area contributed by atoms with E-state index < -0.39 is 11.0 Å². The number of likely N-dealkylation sites (tertiary alicyclic amines) is 1. The van der Waals surface area contributed by atoms with E-state index in [1.165, 1.54) is 30.6 Å². The maximum absolute atomic E-state index is 13.4. The van der Waals surface area contributed by atoms with Crippen molar-refractivity contribution in [2.45, 2.75) is 45.7 Å². The van der Waals surface area contributed by atoms with Gasteiger partial charge in [0.2, 0.25) is 5.91 Å². The first-order valence-electron chi connectivity index (χ1n) is 11.1. The fourth-order valence-electron chi connectivity index (χ4n) is 4.57. The topological polar surface area (TPSA) is 84.4 Å². The molecule has 1 aliphatic carbocycles. The number of nitrogens with zero attached hydrogens (tertiary/aromatic N) is 3. The van der Waals surface area contributed by atoms with Crippen LogP contribution in [0.4, 0.5) is 14.5 Å². The van der Waals surface area contributed by atoms with Gasteiger partial charge in [0.05, 0.1) is 5.41 Å². The second-order valence-electron chi connectivity index (χ2n) is 9.37. The molecule has 1 aromatic heterocycles. The third kappa shape index (κ3) is 4.91. The Morgan fingerprint density at radius 2 is 1.86 bits per heavy atom. The van der Waals surface area contributed by atoms with Gasteiger partial charge in [0.1, 0.15) is 12.1 Å². The Kier molecular flexibility index (Phi) is 6.40. The van der Waals surface area contributed by atoms with Crippen LogP contribution >= 0.6 is 11.6 Å². The van der Waals surface area contributed by atoms with E-state index in [0.29, 0.717) is 23.2 Å². The molecular weight excluding hydrogens is 478 g/mol. The summed E-state index contributed by atoms with van der Waals surface area (Å²) < 4.78 is 30.0. The number of ether oxygens (including phenoxy) is 1. The van der Waals surface area contributed by atoms with E-state index in [1.54, 1.807) is 18.5 Å². The summed E-state index contributed by atoms with van der Waals surface area (Å²) in [5.74, 6) is -0.719. The van der Waals surface area contributed by atoms with E-state index in [4.69, 9.17) is 11.6 Å². The first kappa shape index (κ1) is 24.8. The smallest absolute Gasteiger partial charge is 0.420 e. The largest absolute Gasteiger partial charge is 0.487 e. The standard InChI is InChI=1S/C25H25ClF2N4O3/c1-14(2)32-21-19(16-11-29-13-30-12-16)9-15(10-20(21)24(3,4)23(32)34)22(33)31-17-5-7-18(8-6-17)35-25(26,27)28/h5-9,11-14,20H,10H2,1-4H3,(H,31,33). The first-order valence-corrected chi connectivity index (χ1v) is 11.5. The van der Waals surface area contributed by atoms with Gasteiger partial charge < -0.3 is 15.0 Å². The van der Waals surface area contributed by atoms with E-state index in [-0.39, 0.29) is 29.5 Å². The molecule has 2 amide bonds. The first-order chi connectivity index (χ1) is 16.4. The average Bonchev–Trinajstić information content (AvgIpc) is 2.99. The molecule has 1 fully saturated rings. The van der Waals surface area contributed by atoms with E-state index in [9.17, 15) is 18.4 Å². The van der Waals surface area contributed by atoms with Crippen molar-refractivity contribution in [2.75, 3.05) is 5.32 Å². The summed E-state index contributed by atoms with van der Waals surface area (Å²) in [5.41, 5.74) is -1.36. The van der Waals surface area contributed by atoms with Crippen molar-refractivity contribution in [2.24, 2.45) is 11.3 Å². The third-order valence-corrected chi connectivity index (χ3v) is 6.35. The molecule has 4 rings (SSSR count). The van der Waals surface area contributed by atoms with Crippen LogP contribution in [0.2, 0.25) is 0 Å². The zero-order valence-electron chi connectivity index (χ0n) is 19.7. The number of alkyl halides is 3. The molecule has 184 valence electrons. The van der Waals surface area contributed by atoms with Gasteiger partial charge in [-0.25, -0.2) is 9.97 Å². The monoisotopic (exact) mass is 502 g/mol. The van der Waals surface area contributed by atoms with Crippen LogP contribution in [-0.4, -0.2) is 38.3 Å². The number of aromatic nitrogens is 2. The molecule has 1 aromatic carbocycles. The molecule has 0 spiro atoms. The maximum atomic E-state index is 13.4. The summed E-state index contributed by atoms with van der Waals surface area (Å²) in [6.07, 6.45) is 6.87. The number of hydrogen-bond acceptors (Lipinski definition) is 5. The molecular formula is C25H25ClF2N4O3. The van der Waals surface area contributed by atoms with Gasteiger partial charge >= 0.3 is 5.57 Å². The number of carbonyl (C=O) groups excluding carboxylic acids is 2. The van der Waals surface area contributed by atoms with Crippen molar-refractivity contribution in [1.82, 2.24) is 14.9 Å². The molecule has 2 aliphatic rings. The minimum absolute atomic E-state index is 0.00332. The molecule has 1 aliphatic heterocycles. The number of carbonyl (C=O) groups is 2. The van der Waals surface area contributed by atoms with Crippen molar-refractivity contribution in [3.05, 3.63) is 65.9 Å². The molecule has 1 N–H and O–H groups in total. The lowest BCUT2D eigenvalue weighted by molar-refractivity contribution is -0.135. The van der Waals surface area contributed by atoms with Crippen LogP contribution in [0.3, 0.4) is 0 Å². The third-order valence-electron chi connectivity index (χ3n) is 6.27. The minimum Gasteiger partial charge on any atom is -0.420 e. The van der Waals surface area contributed by atoms with Crippen molar-refractivity contribution in [3.63, 3.8) is 0 Å².